The summed E-state index contributed by atoms with van der Waals surface area (Å²) >= 11 is 0. The molecule has 0 aromatic heterocycles. The molecule has 0 bridgehead atoms. The van der Waals surface area contributed by atoms with Crippen molar-refractivity contribution in [2.75, 3.05) is 6.61 Å². The molecule has 5 heteroatoms. The second-order valence-electron chi connectivity index (χ2n) is 19.5. The van der Waals surface area contributed by atoms with Crippen LogP contribution in [0.25, 0.3) is 0 Å². The van der Waals surface area contributed by atoms with Crippen LogP contribution in [-0.4, -0.2) is 46.1 Å². The number of aliphatic hydroxyl groups excluding tert-OH is 3. The van der Waals surface area contributed by atoms with Crippen LogP contribution in [0, 0.1) is 0 Å². The molecule has 5 nitrogen and oxygen atoms in total. The lowest BCUT2D eigenvalue weighted by Gasteiger charge is -2.23. The van der Waals surface area contributed by atoms with Crippen molar-refractivity contribution in [2.24, 2.45) is 0 Å². The highest BCUT2D eigenvalue weighted by atomic mass is 16.3. The molecular weight excluding hydrogens is 751 g/mol. The third kappa shape index (κ3) is 46.9. The predicted molar refractivity (Wildman–Crippen MR) is 269 cm³/mol. The van der Waals surface area contributed by atoms with Gasteiger partial charge in [0, 0.05) is 0 Å². The molecule has 4 N–H and O–H groups in total. The molecule has 0 aromatic rings. The summed E-state index contributed by atoms with van der Waals surface area (Å²) in [4.78, 5) is 12.5. The van der Waals surface area contributed by atoms with Gasteiger partial charge in [0.1, 0.15) is 6.10 Å². The average Bonchev–Trinajstić information content (AvgIpc) is 3.26. The number of hydrogen-bond acceptors (Lipinski definition) is 4. The first-order valence-electron chi connectivity index (χ1n) is 28.0. The highest BCUT2D eigenvalue weighted by Crippen LogP contribution is 2.18. The molecule has 0 spiro atoms. The maximum Gasteiger partial charge on any atom is 0.249 e. The molecule has 0 aliphatic carbocycles. The lowest BCUT2D eigenvalue weighted by molar-refractivity contribution is -0.131. The molecule has 0 aliphatic rings. The van der Waals surface area contributed by atoms with E-state index < -0.39 is 24.2 Å². The number of allylic oxidation sites excluding steroid dienone is 2. The molecule has 364 valence electrons. The minimum Gasteiger partial charge on any atom is -0.394 e. The maximum atomic E-state index is 12.5. The van der Waals surface area contributed by atoms with Crippen LogP contribution in [-0.2, 0) is 4.79 Å². The van der Waals surface area contributed by atoms with Gasteiger partial charge in [0.2, 0.25) is 5.91 Å². The highest BCUT2D eigenvalue weighted by Gasteiger charge is 2.23. The van der Waals surface area contributed by atoms with E-state index in [4.69, 9.17) is 0 Å². The van der Waals surface area contributed by atoms with E-state index in [1.807, 2.05) is 0 Å². The largest absolute Gasteiger partial charge is 0.394 e. The number of unbranched alkanes of at least 4 members (excludes halogenated alkanes) is 42. The molecule has 3 atom stereocenters. The van der Waals surface area contributed by atoms with Crippen molar-refractivity contribution in [3.8, 4) is 0 Å². The van der Waals surface area contributed by atoms with E-state index in [0.717, 1.165) is 32.1 Å². The summed E-state index contributed by atoms with van der Waals surface area (Å²) in [7, 11) is 0. The van der Waals surface area contributed by atoms with Gasteiger partial charge in [-0.3, -0.25) is 4.79 Å². The summed E-state index contributed by atoms with van der Waals surface area (Å²) < 4.78 is 0. The molecule has 0 rings (SSSR count). The lowest BCUT2D eigenvalue weighted by atomic mass is 10.0. The zero-order valence-electron chi connectivity index (χ0n) is 41.6. The van der Waals surface area contributed by atoms with Gasteiger partial charge in [-0.1, -0.05) is 289 Å². The molecule has 0 aromatic carbocycles. The van der Waals surface area contributed by atoms with E-state index in [1.165, 1.54) is 257 Å². The maximum absolute atomic E-state index is 12.5. The van der Waals surface area contributed by atoms with E-state index in [-0.39, 0.29) is 6.61 Å². The standard InChI is InChI=1S/C56H111NO4/c1-3-5-7-9-11-13-14-15-16-17-18-19-20-21-22-23-24-25-26-27-28-29-30-31-32-33-34-35-36-37-38-39-40-41-43-45-47-49-51-55(60)56(61)57-53(52-58)54(59)50-48-46-44-42-12-10-8-6-4-2/h27-28,53-55,58-60H,3-26,29-52H2,1-2H3,(H,57,61)/b28-27-. The Labute approximate surface area is 382 Å². The van der Waals surface area contributed by atoms with Crippen LogP contribution >= 0.6 is 0 Å². The Morgan fingerprint density at radius 2 is 0.623 bits per heavy atom. The number of nitrogens with one attached hydrogen (secondary N) is 1. The minimum absolute atomic E-state index is 0.310. The van der Waals surface area contributed by atoms with Crippen LogP contribution in [0.5, 0.6) is 0 Å². The number of hydrogen-bond donors (Lipinski definition) is 4. The van der Waals surface area contributed by atoms with Crippen molar-refractivity contribution in [1.82, 2.24) is 5.32 Å². The second-order valence-corrected chi connectivity index (χ2v) is 19.5. The summed E-state index contributed by atoms with van der Waals surface area (Å²) in [6.45, 7) is 4.23. The first-order valence-corrected chi connectivity index (χ1v) is 28.0. The average molecular weight is 863 g/mol. The highest BCUT2D eigenvalue weighted by molar-refractivity contribution is 5.80. The van der Waals surface area contributed by atoms with Gasteiger partial charge >= 0.3 is 0 Å². The monoisotopic (exact) mass is 862 g/mol. The van der Waals surface area contributed by atoms with Crippen molar-refractivity contribution >= 4 is 5.91 Å². The normalized spacial score (nSPS) is 13.3. The number of rotatable bonds is 52. The van der Waals surface area contributed by atoms with E-state index in [9.17, 15) is 20.1 Å². The van der Waals surface area contributed by atoms with Crippen LogP contribution < -0.4 is 5.32 Å². The van der Waals surface area contributed by atoms with Crippen LogP contribution in [0.3, 0.4) is 0 Å². The van der Waals surface area contributed by atoms with Gasteiger partial charge in [0.25, 0.3) is 0 Å². The zero-order valence-corrected chi connectivity index (χ0v) is 41.6. The van der Waals surface area contributed by atoms with Gasteiger partial charge in [-0.15, -0.1) is 0 Å². The Kier molecular flexibility index (Phi) is 51.0. The first kappa shape index (κ1) is 60.1. The Balaban J connectivity index is 3.38. The number of aliphatic hydroxyl groups is 3. The molecule has 1 amide bonds. The van der Waals surface area contributed by atoms with Crippen molar-refractivity contribution in [1.29, 1.82) is 0 Å². The summed E-state index contributed by atoms with van der Waals surface area (Å²) in [5.41, 5.74) is 0. The molecule has 61 heavy (non-hydrogen) atoms. The molecule has 0 saturated heterocycles. The van der Waals surface area contributed by atoms with Crippen molar-refractivity contribution in [3.05, 3.63) is 12.2 Å². The topological polar surface area (TPSA) is 89.8 Å². The molecule has 3 unspecified atom stereocenters. The van der Waals surface area contributed by atoms with Crippen LogP contribution in [0.1, 0.15) is 316 Å². The Hall–Kier alpha value is -0.910. The summed E-state index contributed by atoms with van der Waals surface area (Å²) in [6.07, 6.45) is 64.4. The van der Waals surface area contributed by atoms with Crippen LogP contribution in [0.15, 0.2) is 12.2 Å². The molecule has 0 fully saturated rings. The zero-order chi connectivity index (χ0) is 44.4. The van der Waals surface area contributed by atoms with E-state index in [1.54, 1.807) is 0 Å². The summed E-state index contributed by atoms with van der Waals surface area (Å²) in [6, 6.07) is -0.707. The van der Waals surface area contributed by atoms with Gasteiger partial charge in [-0.25, -0.2) is 0 Å². The quantitative estimate of drug-likeness (QED) is 0.0362. The number of carbonyl (C=O) groups excluding carboxylic acids is 1. The number of carbonyl (C=O) groups is 1. The number of amides is 1. The van der Waals surface area contributed by atoms with Crippen LogP contribution in [0.2, 0.25) is 0 Å². The smallest absolute Gasteiger partial charge is 0.249 e. The third-order valence-electron chi connectivity index (χ3n) is 13.4. The van der Waals surface area contributed by atoms with Gasteiger partial charge in [0.15, 0.2) is 0 Å². The van der Waals surface area contributed by atoms with Gasteiger partial charge in [-0.05, 0) is 38.5 Å². The Morgan fingerprint density at radius 1 is 0.377 bits per heavy atom. The van der Waals surface area contributed by atoms with Gasteiger partial charge < -0.3 is 20.6 Å². The van der Waals surface area contributed by atoms with E-state index in [2.05, 4.69) is 31.3 Å². The second kappa shape index (κ2) is 51.7. The first-order chi connectivity index (χ1) is 30.1. The lowest BCUT2D eigenvalue weighted by Crippen LogP contribution is -2.49. The molecular formula is C56H111NO4. The Morgan fingerprint density at radius 3 is 0.902 bits per heavy atom. The fourth-order valence-electron chi connectivity index (χ4n) is 9.01. The van der Waals surface area contributed by atoms with Crippen molar-refractivity contribution < 1.29 is 20.1 Å². The molecule has 0 heterocycles. The predicted octanol–water partition coefficient (Wildman–Crippen LogP) is 17.1. The third-order valence-corrected chi connectivity index (χ3v) is 13.4. The van der Waals surface area contributed by atoms with Crippen molar-refractivity contribution in [3.63, 3.8) is 0 Å². The molecule has 0 saturated carbocycles. The van der Waals surface area contributed by atoms with Crippen LogP contribution in [0.4, 0.5) is 0 Å². The van der Waals surface area contributed by atoms with Gasteiger partial charge in [-0.2, -0.15) is 0 Å². The van der Waals surface area contributed by atoms with Gasteiger partial charge in [0.05, 0.1) is 18.8 Å². The van der Waals surface area contributed by atoms with E-state index >= 15 is 0 Å². The molecule has 0 aliphatic heterocycles. The summed E-state index contributed by atoms with van der Waals surface area (Å²) in [5.74, 6) is -0.468. The fraction of sp³-hybridized carbons (Fsp3) is 0.946. The minimum atomic E-state index is -1.07. The van der Waals surface area contributed by atoms with E-state index in [0.29, 0.717) is 12.8 Å². The summed E-state index contributed by atoms with van der Waals surface area (Å²) in [5, 5.41) is 33.3. The SMILES string of the molecule is CCCCCCCCCCCCCCCCCCCC/C=C\CCCCCCCCCCCCCCCCCCC(O)C(=O)NC(CO)C(O)CCCCCCCCCCC. The fourth-order valence-corrected chi connectivity index (χ4v) is 9.01. The molecule has 0 radical (unpaired) electrons. The Bertz CT molecular complexity index is 864. The van der Waals surface area contributed by atoms with Crippen molar-refractivity contribution in [2.45, 2.75) is 334 Å².